The fourth-order valence-corrected chi connectivity index (χ4v) is 2.11. The Morgan fingerprint density at radius 1 is 1.14 bits per heavy atom. The van der Waals surface area contributed by atoms with Crippen molar-refractivity contribution in [1.82, 2.24) is 5.32 Å². The summed E-state index contributed by atoms with van der Waals surface area (Å²) >= 11 is 0. The van der Waals surface area contributed by atoms with Gasteiger partial charge in [-0.3, -0.25) is 4.79 Å². The van der Waals surface area contributed by atoms with Crippen LogP contribution in [0.5, 0.6) is 0 Å². The lowest BCUT2D eigenvalue weighted by Crippen LogP contribution is -2.23. The van der Waals surface area contributed by atoms with Crippen molar-refractivity contribution in [2.24, 2.45) is 0 Å². The quantitative estimate of drug-likeness (QED) is 0.896. The highest BCUT2D eigenvalue weighted by Crippen LogP contribution is 2.15. The predicted molar refractivity (Wildman–Crippen MR) is 82.8 cm³/mol. The van der Waals surface area contributed by atoms with Crippen molar-refractivity contribution >= 4 is 5.91 Å². The fraction of sp³-hybridized carbons (Fsp3) is 0.278. The van der Waals surface area contributed by atoms with E-state index in [1.165, 1.54) is 11.6 Å². The van der Waals surface area contributed by atoms with Gasteiger partial charge in [0, 0.05) is 6.54 Å². The second-order valence-electron chi connectivity index (χ2n) is 5.56. The van der Waals surface area contributed by atoms with Crippen LogP contribution >= 0.6 is 0 Å². The summed E-state index contributed by atoms with van der Waals surface area (Å²) in [5, 5.41) is 2.75. The summed E-state index contributed by atoms with van der Waals surface area (Å²) < 4.78 is 13.6. The van der Waals surface area contributed by atoms with E-state index in [1.807, 2.05) is 19.1 Å². The van der Waals surface area contributed by atoms with Crippen LogP contribution in [0, 0.1) is 12.7 Å². The third kappa shape index (κ3) is 3.91. The van der Waals surface area contributed by atoms with E-state index in [0.717, 1.165) is 11.1 Å². The first-order chi connectivity index (χ1) is 9.97. The van der Waals surface area contributed by atoms with Crippen LogP contribution in [0.4, 0.5) is 4.39 Å². The highest BCUT2D eigenvalue weighted by molar-refractivity contribution is 5.94. The number of rotatable bonds is 4. The Hall–Kier alpha value is -2.16. The topological polar surface area (TPSA) is 29.1 Å². The van der Waals surface area contributed by atoms with Crippen molar-refractivity contribution in [2.45, 2.75) is 33.2 Å². The molecule has 0 bridgehead atoms. The molecule has 110 valence electrons. The summed E-state index contributed by atoms with van der Waals surface area (Å²) in [6.07, 6.45) is 0. The lowest BCUT2D eigenvalue weighted by atomic mass is 10.0. The zero-order valence-electron chi connectivity index (χ0n) is 12.6. The zero-order valence-corrected chi connectivity index (χ0v) is 12.6. The number of amides is 1. The molecule has 2 aromatic carbocycles. The minimum Gasteiger partial charge on any atom is -0.348 e. The van der Waals surface area contributed by atoms with Crippen LogP contribution in [0.3, 0.4) is 0 Å². The number of carbonyl (C=O) groups excluding carboxylic acids is 1. The maximum absolute atomic E-state index is 13.6. The van der Waals surface area contributed by atoms with E-state index >= 15 is 0 Å². The third-order valence-corrected chi connectivity index (χ3v) is 3.47. The number of hydrogen-bond acceptors (Lipinski definition) is 1. The maximum Gasteiger partial charge on any atom is 0.254 e. The van der Waals surface area contributed by atoms with E-state index in [1.54, 1.807) is 12.1 Å². The van der Waals surface area contributed by atoms with E-state index in [2.05, 4.69) is 31.3 Å². The normalized spacial score (nSPS) is 10.7. The summed E-state index contributed by atoms with van der Waals surface area (Å²) in [5.41, 5.74) is 3.22. The van der Waals surface area contributed by atoms with Crippen molar-refractivity contribution in [3.05, 3.63) is 70.5 Å². The number of halogens is 1. The van der Waals surface area contributed by atoms with Crippen molar-refractivity contribution in [1.29, 1.82) is 0 Å². The summed E-state index contributed by atoms with van der Waals surface area (Å²) in [6.45, 7) is 6.50. The van der Waals surface area contributed by atoms with Gasteiger partial charge in [0.05, 0.1) is 5.56 Å². The highest BCUT2D eigenvalue weighted by Gasteiger charge is 2.11. The molecule has 0 saturated heterocycles. The van der Waals surface area contributed by atoms with Gasteiger partial charge in [-0.1, -0.05) is 49.7 Å². The van der Waals surface area contributed by atoms with Crippen molar-refractivity contribution in [2.75, 3.05) is 0 Å². The van der Waals surface area contributed by atoms with Gasteiger partial charge in [-0.25, -0.2) is 4.39 Å². The molecule has 0 aliphatic heterocycles. The Kier molecular flexibility index (Phi) is 4.73. The van der Waals surface area contributed by atoms with E-state index < -0.39 is 5.82 Å². The van der Waals surface area contributed by atoms with E-state index in [4.69, 9.17) is 0 Å². The van der Waals surface area contributed by atoms with Gasteiger partial charge in [-0.2, -0.15) is 0 Å². The van der Waals surface area contributed by atoms with Crippen LogP contribution in [-0.2, 0) is 6.54 Å². The van der Waals surface area contributed by atoms with Gasteiger partial charge >= 0.3 is 0 Å². The smallest absolute Gasteiger partial charge is 0.254 e. The Balaban J connectivity index is 2.02. The Morgan fingerprint density at radius 2 is 1.81 bits per heavy atom. The number of benzene rings is 2. The molecule has 3 heteroatoms. The van der Waals surface area contributed by atoms with Crippen LogP contribution in [-0.4, -0.2) is 5.91 Å². The second-order valence-corrected chi connectivity index (χ2v) is 5.56. The Bertz CT molecular complexity index is 632. The van der Waals surface area contributed by atoms with E-state index in [0.29, 0.717) is 12.5 Å². The van der Waals surface area contributed by atoms with Gasteiger partial charge in [0.25, 0.3) is 5.91 Å². The molecule has 0 saturated carbocycles. The molecule has 2 nitrogen and oxygen atoms in total. The minimum absolute atomic E-state index is 0.0915. The average Bonchev–Trinajstić information content (AvgIpc) is 2.47. The second kappa shape index (κ2) is 6.53. The first-order valence-corrected chi connectivity index (χ1v) is 7.10. The van der Waals surface area contributed by atoms with Crippen LogP contribution < -0.4 is 5.32 Å². The molecule has 1 amide bonds. The number of carbonyl (C=O) groups is 1. The lowest BCUT2D eigenvalue weighted by molar-refractivity contribution is 0.0947. The first-order valence-electron chi connectivity index (χ1n) is 7.10. The van der Waals surface area contributed by atoms with Gasteiger partial charge in [0.2, 0.25) is 0 Å². The molecular formula is C18H20FNO. The molecule has 0 heterocycles. The molecule has 0 spiro atoms. The first kappa shape index (κ1) is 15.2. The van der Waals surface area contributed by atoms with E-state index in [9.17, 15) is 9.18 Å². The molecule has 0 atom stereocenters. The van der Waals surface area contributed by atoms with Gasteiger partial charge in [0.15, 0.2) is 0 Å². The van der Waals surface area contributed by atoms with Crippen LogP contribution in [0.25, 0.3) is 0 Å². The van der Waals surface area contributed by atoms with Crippen molar-refractivity contribution in [3.63, 3.8) is 0 Å². The van der Waals surface area contributed by atoms with Crippen LogP contribution in [0.1, 0.15) is 46.8 Å². The SMILES string of the molecule is Cc1ccc(F)c(C(=O)NCc2ccc(C(C)C)cc2)c1. The maximum atomic E-state index is 13.6. The standard InChI is InChI=1S/C18H20FNO/c1-12(2)15-7-5-14(6-8-15)11-20-18(21)16-10-13(3)4-9-17(16)19/h4-10,12H,11H2,1-3H3,(H,20,21). The molecule has 2 rings (SSSR count). The Morgan fingerprint density at radius 3 is 2.43 bits per heavy atom. The molecule has 0 aliphatic carbocycles. The molecule has 0 fully saturated rings. The summed E-state index contributed by atoms with van der Waals surface area (Å²) in [6, 6.07) is 12.6. The van der Waals surface area contributed by atoms with E-state index in [-0.39, 0.29) is 11.5 Å². The van der Waals surface area contributed by atoms with Gasteiger partial charge in [-0.15, -0.1) is 0 Å². The largest absolute Gasteiger partial charge is 0.348 e. The van der Waals surface area contributed by atoms with Gasteiger partial charge in [-0.05, 0) is 36.1 Å². The molecule has 0 aliphatic rings. The van der Waals surface area contributed by atoms with Gasteiger partial charge < -0.3 is 5.32 Å². The zero-order chi connectivity index (χ0) is 15.4. The number of aryl methyl sites for hydroxylation is 1. The number of hydrogen-bond donors (Lipinski definition) is 1. The molecular weight excluding hydrogens is 265 g/mol. The third-order valence-electron chi connectivity index (χ3n) is 3.47. The predicted octanol–water partition coefficient (Wildman–Crippen LogP) is 4.19. The number of nitrogens with one attached hydrogen (secondary N) is 1. The lowest BCUT2D eigenvalue weighted by Gasteiger charge is -2.09. The van der Waals surface area contributed by atoms with Crippen LogP contribution in [0.15, 0.2) is 42.5 Å². The van der Waals surface area contributed by atoms with Crippen molar-refractivity contribution < 1.29 is 9.18 Å². The fourth-order valence-electron chi connectivity index (χ4n) is 2.11. The Labute approximate surface area is 125 Å². The minimum atomic E-state index is -0.492. The molecule has 0 unspecified atom stereocenters. The van der Waals surface area contributed by atoms with Gasteiger partial charge in [0.1, 0.15) is 5.82 Å². The monoisotopic (exact) mass is 285 g/mol. The molecule has 0 radical (unpaired) electrons. The molecule has 21 heavy (non-hydrogen) atoms. The highest BCUT2D eigenvalue weighted by atomic mass is 19.1. The molecule has 1 N–H and O–H groups in total. The summed E-state index contributed by atoms with van der Waals surface area (Å²) in [7, 11) is 0. The summed E-state index contributed by atoms with van der Waals surface area (Å²) in [5.74, 6) is -0.396. The molecule has 2 aromatic rings. The van der Waals surface area contributed by atoms with Crippen LogP contribution in [0.2, 0.25) is 0 Å². The summed E-state index contributed by atoms with van der Waals surface area (Å²) in [4.78, 5) is 12.0. The molecule has 0 aromatic heterocycles. The van der Waals surface area contributed by atoms with Crippen molar-refractivity contribution in [3.8, 4) is 0 Å². The average molecular weight is 285 g/mol.